The van der Waals surface area contributed by atoms with Crippen molar-refractivity contribution >= 4 is 12.1 Å². The van der Waals surface area contributed by atoms with E-state index >= 15 is 0 Å². The number of phenolic OH excluding ortho intramolecular Hbond substituents is 1. The minimum absolute atomic E-state index is 0.250. The van der Waals surface area contributed by atoms with Gasteiger partial charge in [0.2, 0.25) is 0 Å². The van der Waals surface area contributed by atoms with E-state index in [1.165, 1.54) is 12.0 Å². The van der Waals surface area contributed by atoms with Crippen molar-refractivity contribution in [3.63, 3.8) is 0 Å². The first-order chi connectivity index (χ1) is 15.6. The number of aromatic hydroxyl groups is 1. The van der Waals surface area contributed by atoms with Crippen LogP contribution in [-0.2, 0) is 33.7 Å². The normalized spacial score (nSPS) is 20.1. The minimum atomic E-state index is -0.745. The summed E-state index contributed by atoms with van der Waals surface area (Å²) < 4.78 is 16.6. The Bertz CT molecular complexity index is 1040. The lowest BCUT2D eigenvalue weighted by Gasteiger charge is -2.36. The van der Waals surface area contributed by atoms with E-state index in [9.17, 15) is 14.7 Å². The van der Waals surface area contributed by atoms with Crippen LogP contribution in [0.2, 0.25) is 0 Å². The van der Waals surface area contributed by atoms with Gasteiger partial charge < -0.3 is 19.3 Å². The largest absolute Gasteiger partial charge is 0.508 e. The van der Waals surface area contributed by atoms with Crippen LogP contribution in [0.3, 0.4) is 0 Å². The second-order valence-electron chi connectivity index (χ2n) is 9.71. The van der Waals surface area contributed by atoms with Crippen LogP contribution < -0.4 is 4.74 Å². The molecule has 0 aromatic heterocycles. The first kappa shape index (κ1) is 23.0. The highest BCUT2D eigenvalue weighted by Crippen LogP contribution is 2.37. The van der Waals surface area contributed by atoms with E-state index < -0.39 is 23.7 Å². The predicted molar refractivity (Wildman–Crippen MR) is 122 cm³/mol. The number of ether oxygens (including phenoxy) is 3. The molecule has 4 rings (SSSR count). The van der Waals surface area contributed by atoms with E-state index in [1.807, 2.05) is 18.2 Å². The Balaban J connectivity index is 1.64. The second kappa shape index (κ2) is 8.96. The zero-order chi connectivity index (χ0) is 23.8. The average molecular weight is 454 g/mol. The molecule has 33 heavy (non-hydrogen) atoms. The number of fused-ring (bicyclic) bond motifs is 2. The third-order valence-corrected chi connectivity index (χ3v) is 6.17. The smallest absolute Gasteiger partial charge is 0.411 e. The molecule has 0 bridgehead atoms. The van der Waals surface area contributed by atoms with Crippen molar-refractivity contribution in [1.82, 2.24) is 4.90 Å². The highest BCUT2D eigenvalue weighted by Gasteiger charge is 2.38. The number of esters is 1. The topological polar surface area (TPSA) is 85.3 Å². The van der Waals surface area contributed by atoms with E-state index in [0.29, 0.717) is 13.0 Å². The molecule has 1 amide bonds. The van der Waals surface area contributed by atoms with Gasteiger partial charge in [-0.15, -0.1) is 0 Å². The zero-order valence-electron chi connectivity index (χ0n) is 19.6. The summed E-state index contributed by atoms with van der Waals surface area (Å²) in [6, 6.07) is 10.7. The molecule has 0 saturated carbocycles. The fourth-order valence-electron chi connectivity index (χ4n) is 4.53. The quantitative estimate of drug-likeness (QED) is 0.681. The summed E-state index contributed by atoms with van der Waals surface area (Å²) >= 11 is 0. The van der Waals surface area contributed by atoms with Gasteiger partial charge in [0.15, 0.2) is 0 Å². The van der Waals surface area contributed by atoms with Crippen molar-refractivity contribution in [3.8, 4) is 11.5 Å². The number of hydrogen-bond donors (Lipinski definition) is 1. The monoisotopic (exact) mass is 453 g/mol. The Hall–Kier alpha value is -3.22. The van der Waals surface area contributed by atoms with Gasteiger partial charge in [-0.25, -0.2) is 9.59 Å². The number of hydrogen-bond acceptors (Lipinski definition) is 6. The average Bonchev–Trinajstić information content (AvgIpc) is 2.97. The Labute approximate surface area is 194 Å². The second-order valence-corrected chi connectivity index (χ2v) is 9.71. The SMILES string of the molecule is COC(=O)[C@@H]1Cc2cc3c(cc2CN1C(=O)OC(C)(C)C)C[C@H](c1ccc(O)cc1)CCO3. The van der Waals surface area contributed by atoms with Crippen molar-refractivity contribution in [2.75, 3.05) is 13.7 Å². The molecule has 2 heterocycles. The third-order valence-electron chi connectivity index (χ3n) is 6.17. The summed E-state index contributed by atoms with van der Waals surface area (Å²) in [6.07, 6.45) is 1.47. The summed E-state index contributed by atoms with van der Waals surface area (Å²) in [7, 11) is 1.33. The number of phenols is 1. The van der Waals surface area contributed by atoms with E-state index in [2.05, 4.69) is 6.07 Å². The summed E-state index contributed by atoms with van der Waals surface area (Å²) in [5.74, 6) is 0.873. The predicted octanol–water partition coefficient (Wildman–Crippen LogP) is 4.34. The van der Waals surface area contributed by atoms with Gasteiger partial charge in [-0.1, -0.05) is 18.2 Å². The number of carbonyl (C=O) groups excluding carboxylic acids is 2. The van der Waals surface area contributed by atoms with Gasteiger partial charge in [-0.05, 0) is 80.0 Å². The molecular weight excluding hydrogens is 422 g/mol. The van der Waals surface area contributed by atoms with Crippen LogP contribution in [0.25, 0.3) is 0 Å². The van der Waals surface area contributed by atoms with Crippen molar-refractivity contribution in [2.24, 2.45) is 0 Å². The van der Waals surface area contributed by atoms with Crippen LogP contribution in [0.1, 0.15) is 55.4 Å². The van der Waals surface area contributed by atoms with E-state index in [-0.39, 0.29) is 18.2 Å². The maximum atomic E-state index is 12.9. The molecule has 0 aliphatic carbocycles. The highest BCUT2D eigenvalue weighted by atomic mass is 16.6. The number of benzene rings is 2. The van der Waals surface area contributed by atoms with Crippen LogP contribution in [0.15, 0.2) is 36.4 Å². The molecule has 1 N–H and O–H groups in total. The molecule has 0 fully saturated rings. The number of nitrogens with zero attached hydrogens (tertiary/aromatic N) is 1. The number of amides is 1. The molecule has 2 aromatic rings. The Morgan fingerprint density at radius 3 is 2.45 bits per heavy atom. The van der Waals surface area contributed by atoms with Crippen molar-refractivity contribution in [2.45, 2.75) is 64.1 Å². The lowest BCUT2D eigenvalue weighted by molar-refractivity contribution is -0.147. The van der Waals surface area contributed by atoms with Crippen molar-refractivity contribution in [3.05, 3.63) is 58.7 Å². The molecule has 0 radical (unpaired) electrons. The molecule has 2 aliphatic rings. The van der Waals surface area contributed by atoms with Crippen LogP contribution in [0, 0.1) is 0 Å². The summed E-state index contributed by atoms with van der Waals surface area (Å²) in [6.45, 7) is 6.26. The van der Waals surface area contributed by atoms with Crippen LogP contribution in [0.5, 0.6) is 11.5 Å². The number of rotatable bonds is 2. The van der Waals surface area contributed by atoms with Crippen LogP contribution in [0.4, 0.5) is 4.79 Å². The van der Waals surface area contributed by atoms with Crippen LogP contribution >= 0.6 is 0 Å². The van der Waals surface area contributed by atoms with Crippen molar-refractivity contribution in [1.29, 1.82) is 0 Å². The molecule has 7 heteroatoms. The van der Waals surface area contributed by atoms with E-state index in [0.717, 1.165) is 40.8 Å². The first-order valence-electron chi connectivity index (χ1n) is 11.3. The first-order valence-corrected chi connectivity index (χ1v) is 11.3. The maximum Gasteiger partial charge on any atom is 0.411 e. The maximum absolute atomic E-state index is 12.9. The summed E-state index contributed by atoms with van der Waals surface area (Å²) in [4.78, 5) is 26.9. The standard InChI is InChI=1S/C26H31NO6/c1-26(2,3)33-25(30)27-15-20-12-19-11-17(16-5-7-21(28)8-6-16)9-10-32-23(19)14-18(20)13-22(27)24(29)31-4/h5-8,12,14,17,22,28H,9-11,13,15H2,1-4H3/t17-,22+/m1/s1. The van der Waals surface area contributed by atoms with Gasteiger partial charge in [0.1, 0.15) is 23.1 Å². The fraction of sp³-hybridized carbons (Fsp3) is 0.462. The molecule has 0 spiro atoms. The van der Waals surface area contributed by atoms with Gasteiger partial charge in [0.25, 0.3) is 0 Å². The molecular formula is C26H31NO6. The number of methoxy groups -OCH3 is 1. The molecule has 2 atom stereocenters. The zero-order valence-corrected chi connectivity index (χ0v) is 19.6. The third kappa shape index (κ3) is 5.07. The van der Waals surface area contributed by atoms with Gasteiger partial charge in [0, 0.05) is 6.42 Å². The molecule has 7 nitrogen and oxygen atoms in total. The summed E-state index contributed by atoms with van der Waals surface area (Å²) in [5, 5.41) is 9.62. The van der Waals surface area contributed by atoms with Gasteiger partial charge in [-0.3, -0.25) is 4.90 Å². The van der Waals surface area contributed by atoms with E-state index in [1.54, 1.807) is 32.9 Å². The van der Waals surface area contributed by atoms with Crippen molar-refractivity contribution < 1.29 is 28.9 Å². The molecule has 0 unspecified atom stereocenters. The highest BCUT2D eigenvalue weighted by molar-refractivity contribution is 5.82. The Morgan fingerprint density at radius 2 is 1.79 bits per heavy atom. The Morgan fingerprint density at radius 1 is 1.06 bits per heavy atom. The lowest BCUT2D eigenvalue weighted by Crippen LogP contribution is -2.50. The molecule has 2 aliphatic heterocycles. The summed E-state index contributed by atoms with van der Waals surface area (Å²) in [5.41, 5.74) is 3.52. The molecule has 0 saturated heterocycles. The van der Waals surface area contributed by atoms with Gasteiger partial charge >= 0.3 is 12.1 Å². The Kier molecular flexibility index (Phi) is 6.23. The van der Waals surface area contributed by atoms with E-state index in [4.69, 9.17) is 14.2 Å². The lowest BCUT2D eigenvalue weighted by atomic mass is 9.87. The fourth-order valence-corrected chi connectivity index (χ4v) is 4.53. The molecule has 2 aromatic carbocycles. The van der Waals surface area contributed by atoms with Gasteiger partial charge in [-0.2, -0.15) is 0 Å². The van der Waals surface area contributed by atoms with Crippen LogP contribution in [-0.4, -0.2) is 47.4 Å². The number of carbonyl (C=O) groups is 2. The van der Waals surface area contributed by atoms with Gasteiger partial charge in [0.05, 0.1) is 20.3 Å². The molecule has 176 valence electrons. The minimum Gasteiger partial charge on any atom is -0.508 e.